The van der Waals surface area contributed by atoms with Crippen molar-refractivity contribution in [2.24, 2.45) is 0 Å². The Labute approximate surface area is 136 Å². The van der Waals surface area contributed by atoms with Gasteiger partial charge in [-0.1, -0.05) is 18.2 Å². The van der Waals surface area contributed by atoms with Gasteiger partial charge in [0.05, 0.1) is 23.2 Å². The molecule has 0 aliphatic rings. The van der Waals surface area contributed by atoms with Crippen molar-refractivity contribution >= 4 is 22.7 Å². The Balaban J connectivity index is 2.13. The summed E-state index contributed by atoms with van der Waals surface area (Å²) in [5, 5.41) is 12.6. The molecule has 1 aromatic heterocycles. The third-order valence-corrected chi connectivity index (χ3v) is 3.30. The minimum atomic E-state index is -0.629. The molecule has 1 amide bonds. The number of ether oxygens (including phenoxy) is 1. The zero-order valence-corrected chi connectivity index (χ0v) is 12.8. The Morgan fingerprint density at radius 3 is 2.83 bits per heavy atom. The minimum absolute atomic E-state index is 0.0126. The number of para-hydroxylation sites is 2. The molecule has 1 heterocycles. The number of aromatic hydroxyl groups is 1. The largest absolute Gasteiger partial charge is 0.504 e. The Kier molecular flexibility index (Phi) is 4.15. The lowest BCUT2D eigenvalue weighted by atomic mass is 10.1. The fourth-order valence-electron chi connectivity index (χ4n) is 2.24. The molecule has 2 N–H and O–H groups in total. The number of nitrogens with zero attached hydrogens (tertiary/aromatic N) is 1. The minimum Gasteiger partial charge on any atom is -0.504 e. The second-order valence-electron chi connectivity index (χ2n) is 4.87. The SMILES string of the molecule is CCOC(=O)Nc1ccccc1-c1nc(=O)c2cccc(O)c2o1. The number of carbonyl (C=O) groups excluding carboxylic acids is 1. The van der Waals surface area contributed by atoms with E-state index in [4.69, 9.17) is 9.15 Å². The van der Waals surface area contributed by atoms with E-state index in [9.17, 15) is 14.7 Å². The second kappa shape index (κ2) is 6.41. The molecule has 7 heteroatoms. The van der Waals surface area contributed by atoms with Gasteiger partial charge in [0.15, 0.2) is 11.3 Å². The lowest BCUT2D eigenvalue weighted by Gasteiger charge is -2.10. The highest BCUT2D eigenvalue weighted by Crippen LogP contribution is 2.30. The van der Waals surface area contributed by atoms with Crippen LogP contribution in [0.3, 0.4) is 0 Å². The van der Waals surface area contributed by atoms with Gasteiger partial charge in [-0.15, -0.1) is 0 Å². The van der Waals surface area contributed by atoms with E-state index in [1.807, 2.05) is 0 Å². The fraction of sp³-hybridized carbons (Fsp3) is 0.118. The number of carbonyl (C=O) groups is 1. The summed E-state index contributed by atoms with van der Waals surface area (Å²) in [6, 6.07) is 11.1. The van der Waals surface area contributed by atoms with Gasteiger partial charge >= 0.3 is 6.09 Å². The summed E-state index contributed by atoms with van der Waals surface area (Å²) >= 11 is 0. The van der Waals surface area contributed by atoms with E-state index in [0.717, 1.165) is 0 Å². The zero-order chi connectivity index (χ0) is 17.1. The number of benzene rings is 2. The van der Waals surface area contributed by atoms with E-state index in [0.29, 0.717) is 11.3 Å². The monoisotopic (exact) mass is 326 g/mol. The van der Waals surface area contributed by atoms with Gasteiger partial charge < -0.3 is 14.3 Å². The first-order valence-corrected chi connectivity index (χ1v) is 7.26. The lowest BCUT2D eigenvalue weighted by Crippen LogP contribution is -2.14. The average molecular weight is 326 g/mol. The molecule has 0 aliphatic heterocycles. The van der Waals surface area contributed by atoms with Crippen LogP contribution in [0.25, 0.3) is 22.4 Å². The molecular formula is C17H14N2O5. The lowest BCUT2D eigenvalue weighted by molar-refractivity contribution is 0.168. The van der Waals surface area contributed by atoms with Crippen molar-refractivity contribution in [3.63, 3.8) is 0 Å². The summed E-state index contributed by atoms with van der Waals surface area (Å²) in [7, 11) is 0. The van der Waals surface area contributed by atoms with Crippen LogP contribution < -0.4 is 10.9 Å². The van der Waals surface area contributed by atoms with Gasteiger partial charge in [-0.3, -0.25) is 10.1 Å². The molecule has 0 unspecified atom stereocenters. The average Bonchev–Trinajstić information content (AvgIpc) is 2.56. The van der Waals surface area contributed by atoms with Gasteiger partial charge in [0.2, 0.25) is 5.89 Å². The van der Waals surface area contributed by atoms with E-state index in [-0.39, 0.29) is 29.2 Å². The van der Waals surface area contributed by atoms with E-state index in [1.165, 1.54) is 18.2 Å². The van der Waals surface area contributed by atoms with Crippen LogP contribution in [0.15, 0.2) is 51.7 Å². The van der Waals surface area contributed by atoms with Crippen molar-refractivity contribution in [2.45, 2.75) is 6.92 Å². The molecule has 0 aliphatic carbocycles. The predicted octanol–water partition coefficient (Wildman–Crippen LogP) is 3.13. The second-order valence-corrected chi connectivity index (χ2v) is 4.87. The molecule has 0 bridgehead atoms. The Hall–Kier alpha value is -3.35. The molecule has 24 heavy (non-hydrogen) atoms. The Morgan fingerprint density at radius 1 is 1.25 bits per heavy atom. The number of hydrogen-bond donors (Lipinski definition) is 2. The number of amides is 1. The number of phenolic OH excluding ortho intramolecular Hbond substituents is 1. The van der Waals surface area contributed by atoms with Crippen molar-refractivity contribution in [3.05, 3.63) is 52.8 Å². The van der Waals surface area contributed by atoms with Crippen LogP contribution in [0.4, 0.5) is 10.5 Å². The van der Waals surface area contributed by atoms with Gasteiger partial charge in [0.25, 0.3) is 5.56 Å². The standard InChI is InChI=1S/C17H14N2O5/c1-2-23-17(22)18-12-8-4-3-6-10(12)16-19-15(21)11-7-5-9-13(20)14(11)24-16/h3-9,20H,2H2,1H3,(H,18,22). The number of hydrogen-bond acceptors (Lipinski definition) is 6. The highest BCUT2D eigenvalue weighted by Gasteiger charge is 2.15. The first-order valence-electron chi connectivity index (χ1n) is 7.26. The highest BCUT2D eigenvalue weighted by molar-refractivity contribution is 5.90. The number of rotatable bonds is 3. The Morgan fingerprint density at radius 2 is 2.04 bits per heavy atom. The normalized spacial score (nSPS) is 10.5. The predicted molar refractivity (Wildman–Crippen MR) is 88.0 cm³/mol. The van der Waals surface area contributed by atoms with Crippen LogP contribution >= 0.6 is 0 Å². The molecule has 2 aromatic carbocycles. The summed E-state index contributed by atoms with van der Waals surface area (Å²) in [5.74, 6) is -0.175. The summed E-state index contributed by atoms with van der Waals surface area (Å²) in [6.45, 7) is 1.92. The summed E-state index contributed by atoms with van der Waals surface area (Å²) in [5.41, 5.74) is 0.278. The van der Waals surface area contributed by atoms with E-state index in [2.05, 4.69) is 10.3 Å². The maximum atomic E-state index is 12.2. The number of anilines is 1. The number of fused-ring (bicyclic) bond motifs is 1. The quantitative estimate of drug-likeness (QED) is 0.766. The van der Waals surface area contributed by atoms with Crippen LogP contribution in [0.1, 0.15) is 6.92 Å². The van der Waals surface area contributed by atoms with Crippen molar-refractivity contribution in [1.82, 2.24) is 4.98 Å². The molecule has 0 atom stereocenters. The number of aromatic nitrogens is 1. The molecule has 122 valence electrons. The number of phenols is 1. The summed E-state index contributed by atoms with van der Waals surface area (Å²) in [4.78, 5) is 27.7. The van der Waals surface area contributed by atoms with Gasteiger partial charge in [-0.25, -0.2) is 4.79 Å². The van der Waals surface area contributed by atoms with E-state index < -0.39 is 11.7 Å². The van der Waals surface area contributed by atoms with Gasteiger partial charge in [0, 0.05) is 0 Å². The molecule has 0 saturated heterocycles. The molecule has 0 saturated carbocycles. The summed E-state index contributed by atoms with van der Waals surface area (Å²) in [6.07, 6.45) is -0.629. The van der Waals surface area contributed by atoms with Crippen LogP contribution in [0.2, 0.25) is 0 Å². The number of nitrogens with one attached hydrogen (secondary N) is 1. The maximum absolute atomic E-state index is 12.2. The van der Waals surface area contributed by atoms with Gasteiger partial charge in [-0.05, 0) is 31.2 Å². The molecular weight excluding hydrogens is 312 g/mol. The third kappa shape index (κ3) is 2.91. The first-order chi connectivity index (χ1) is 11.6. The third-order valence-electron chi connectivity index (χ3n) is 3.30. The topological polar surface area (TPSA) is 102 Å². The van der Waals surface area contributed by atoms with Crippen molar-refractivity contribution in [2.75, 3.05) is 11.9 Å². The first kappa shape index (κ1) is 15.5. The smallest absolute Gasteiger partial charge is 0.411 e. The van der Waals surface area contributed by atoms with Crippen molar-refractivity contribution in [1.29, 1.82) is 0 Å². The highest BCUT2D eigenvalue weighted by atomic mass is 16.5. The van der Waals surface area contributed by atoms with Crippen LogP contribution in [-0.4, -0.2) is 22.8 Å². The molecule has 3 rings (SSSR count). The summed E-state index contributed by atoms with van der Waals surface area (Å²) < 4.78 is 10.4. The van der Waals surface area contributed by atoms with E-state index >= 15 is 0 Å². The van der Waals surface area contributed by atoms with Crippen molar-refractivity contribution < 1.29 is 19.1 Å². The van der Waals surface area contributed by atoms with Gasteiger partial charge in [0.1, 0.15) is 0 Å². The van der Waals surface area contributed by atoms with Crippen molar-refractivity contribution in [3.8, 4) is 17.2 Å². The Bertz CT molecular complexity index is 965. The zero-order valence-electron chi connectivity index (χ0n) is 12.8. The van der Waals surface area contributed by atoms with Crippen LogP contribution in [0.5, 0.6) is 5.75 Å². The molecule has 0 fully saturated rings. The maximum Gasteiger partial charge on any atom is 0.411 e. The molecule has 0 radical (unpaired) electrons. The molecule has 0 spiro atoms. The molecule has 3 aromatic rings. The van der Waals surface area contributed by atoms with Crippen LogP contribution in [0, 0.1) is 0 Å². The van der Waals surface area contributed by atoms with Crippen LogP contribution in [-0.2, 0) is 4.74 Å². The molecule has 7 nitrogen and oxygen atoms in total. The van der Waals surface area contributed by atoms with E-state index in [1.54, 1.807) is 31.2 Å². The fourth-order valence-corrected chi connectivity index (χ4v) is 2.24. The van der Waals surface area contributed by atoms with Gasteiger partial charge in [-0.2, -0.15) is 4.98 Å².